The average Bonchev–Trinajstić information content (AvgIpc) is 3.31. The molecule has 3 heterocycles. The van der Waals surface area contributed by atoms with E-state index in [1.807, 2.05) is 13.8 Å². The number of aryl methyl sites for hydroxylation is 2. The summed E-state index contributed by atoms with van der Waals surface area (Å²) in [5.74, 6) is 4.13. The number of carbonyl (C=O) groups is 4. The van der Waals surface area contributed by atoms with Gasteiger partial charge < -0.3 is 15.3 Å². The second-order valence-electron chi connectivity index (χ2n) is 8.71. The van der Waals surface area contributed by atoms with Crippen LogP contribution in [0.5, 0.6) is 0 Å². The van der Waals surface area contributed by atoms with E-state index in [1.165, 1.54) is 0 Å². The summed E-state index contributed by atoms with van der Waals surface area (Å²) in [6.07, 6.45) is 2.38. The van der Waals surface area contributed by atoms with Crippen LogP contribution in [0.25, 0.3) is 0 Å². The molecule has 188 valence electrons. The van der Waals surface area contributed by atoms with Gasteiger partial charge in [-0.15, -0.1) is 0 Å². The fraction of sp³-hybridized carbons (Fsp3) is 0.375. The zero-order chi connectivity index (χ0) is 26.0. The Kier molecular flexibility index (Phi) is 6.95. The zero-order valence-electron chi connectivity index (χ0n) is 20.3. The molecular formula is C24H27N7O5. The number of hydrazone groups is 1. The minimum atomic E-state index is -1.03. The molecule has 1 saturated heterocycles. The van der Waals surface area contributed by atoms with E-state index in [2.05, 4.69) is 20.6 Å². The summed E-state index contributed by atoms with van der Waals surface area (Å²) in [7, 11) is 1.74. The standard InChI is InChI=1S/C24H27N7O5/c1-13-16(14(2)36-29-13)9-10-26-11-15(28-25)12-30(3)18-6-4-5-17-21(18)24(35)31(23(17)34)19-7-8-20(32)27-22(19)33/h4-6,11,19H,7-10,12,25H2,1-3H3,(H,27,32,33). The van der Waals surface area contributed by atoms with Crippen LogP contribution in [0.4, 0.5) is 5.69 Å². The van der Waals surface area contributed by atoms with E-state index < -0.39 is 29.7 Å². The number of aromatic nitrogens is 1. The maximum Gasteiger partial charge on any atom is 0.264 e. The quantitative estimate of drug-likeness (QED) is 0.235. The Labute approximate surface area is 207 Å². The number of imide groups is 2. The minimum absolute atomic E-state index is 0.0580. The van der Waals surface area contributed by atoms with Crippen LogP contribution in [-0.2, 0) is 16.0 Å². The van der Waals surface area contributed by atoms with Gasteiger partial charge in [0.2, 0.25) is 11.8 Å². The summed E-state index contributed by atoms with van der Waals surface area (Å²) in [6, 6.07) is 3.90. The van der Waals surface area contributed by atoms with Gasteiger partial charge in [-0.05, 0) is 38.8 Å². The lowest BCUT2D eigenvalue weighted by Gasteiger charge is -2.28. The van der Waals surface area contributed by atoms with Crippen LogP contribution < -0.4 is 16.1 Å². The van der Waals surface area contributed by atoms with Gasteiger partial charge >= 0.3 is 0 Å². The van der Waals surface area contributed by atoms with Crippen molar-refractivity contribution >= 4 is 41.2 Å². The van der Waals surface area contributed by atoms with Gasteiger partial charge in [-0.25, -0.2) is 0 Å². The van der Waals surface area contributed by atoms with Crippen molar-refractivity contribution in [2.75, 3.05) is 25.0 Å². The molecule has 1 aromatic heterocycles. The third kappa shape index (κ3) is 4.61. The predicted octanol–water partition coefficient (Wildman–Crippen LogP) is 0.757. The maximum atomic E-state index is 13.3. The van der Waals surface area contributed by atoms with Crippen LogP contribution in [0.2, 0.25) is 0 Å². The first-order chi connectivity index (χ1) is 17.2. The number of nitrogens with one attached hydrogen (secondary N) is 1. The fourth-order valence-corrected chi connectivity index (χ4v) is 4.46. The van der Waals surface area contributed by atoms with E-state index in [9.17, 15) is 19.2 Å². The molecule has 12 nitrogen and oxygen atoms in total. The molecule has 1 aromatic carbocycles. The number of hydrogen-bond donors (Lipinski definition) is 2. The third-order valence-corrected chi connectivity index (χ3v) is 6.33. The Morgan fingerprint density at radius 1 is 1.28 bits per heavy atom. The summed E-state index contributed by atoms with van der Waals surface area (Å²) in [4.78, 5) is 57.3. The monoisotopic (exact) mass is 493 g/mol. The Morgan fingerprint density at radius 3 is 2.72 bits per heavy atom. The number of nitrogens with zero attached hydrogens (tertiary/aromatic N) is 5. The van der Waals surface area contributed by atoms with Crippen molar-refractivity contribution in [3.8, 4) is 0 Å². The second kappa shape index (κ2) is 10.1. The van der Waals surface area contributed by atoms with Crippen LogP contribution in [-0.4, -0.2) is 71.8 Å². The largest absolute Gasteiger partial charge is 0.368 e. The number of anilines is 1. The summed E-state index contributed by atoms with van der Waals surface area (Å²) < 4.78 is 5.16. The van der Waals surface area contributed by atoms with Crippen molar-refractivity contribution in [2.45, 2.75) is 39.2 Å². The smallest absolute Gasteiger partial charge is 0.264 e. The van der Waals surface area contributed by atoms with Gasteiger partial charge in [0, 0.05) is 31.8 Å². The summed E-state index contributed by atoms with van der Waals surface area (Å²) in [6.45, 7) is 4.44. The molecule has 12 heteroatoms. The molecule has 0 bridgehead atoms. The van der Waals surface area contributed by atoms with E-state index >= 15 is 0 Å². The molecule has 0 aliphatic carbocycles. The van der Waals surface area contributed by atoms with Crippen molar-refractivity contribution in [3.63, 3.8) is 0 Å². The fourth-order valence-electron chi connectivity index (χ4n) is 4.46. The molecule has 36 heavy (non-hydrogen) atoms. The van der Waals surface area contributed by atoms with Gasteiger partial charge in [0.05, 0.1) is 34.8 Å². The van der Waals surface area contributed by atoms with Crippen LogP contribution >= 0.6 is 0 Å². The zero-order valence-corrected chi connectivity index (χ0v) is 20.3. The number of fused-ring (bicyclic) bond motifs is 1. The molecule has 0 saturated carbocycles. The van der Waals surface area contributed by atoms with Gasteiger partial charge in [-0.2, -0.15) is 5.10 Å². The number of carbonyl (C=O) groups excluding carboxylic acids is 4. The number of rotatable bonds is 8. The highest BCUT2D eigenvalue weighted by Gasteiger charge is 2.45. The van der Waals surface area contributed by atoms with E-state index in [4.69, 9.17) is 10.4 Å². The number of aliphatic imine (C=N–C) groups is 1. The molecule has 0 radical (unpaired) electrons. The summed E-state index contributed by atoms with van der Waals surface area (Å²) in [5, 5.41) is 9.93. The molecule has 1 atom stereocenters. The van der Waals surface area contributed by atoms with Gasteiger partial charge in [0.15, 0.2) is 0 Å². The number of amides is 4. The highest BCUT2D eigenvalue weighted by Crippen LogP contribution is 2.33. The van der Waals surface area contributed by atoms with Crippen molar-refractivity contribution < 1.29 is 23.7 Å². The minimum Gasteiger partial charge on any atom is -0.368 e. The lowest BCUT2D eigenvalue weighted by molar-refractivity contribution is -0.136. The Morgan fingerprint density at radius 2 is 2.06 bits per heavy atom. The van der Waals surface area contributed by atoms with Crippen LogP contribution in [0.15, 0.2) is 32.8 Å². The SMILES string of the molecule is Cc1noc(C)c1CCN=CC(CN(C)c1cccc2c1C(=O)N(C1CCC(=O)NC1=O)C2=O)=NN. The van der Waals surface area contributed by atoms with Crippen molar-refractivity contribution in [2.24, 2.45) is 15.9 Å². The first kappa shape index (κ1) is 24.8. The van der Waals surface area contributed by atoms with Crippen molar-refractivity contribution in [3.05, 3.63) is 46.3 Å². The highest BCUT2D eigenvalue weighted by atomic mass is 16.5. The van der Waals surface area contributed by atoms with E-state index in [1.54, 1.807) is 36.4 Å². The molecule has 4 amide bonds. The van der Waals surface area contributed by atoms with E-state index in [0.717, 1.165) is 21.9 Å². The lowest BCUT2D eigenvalue weighted by atomic mass is 10.0. The van der Waals surface area contributed by atoms with Crippen molar-refractivity contribution in [1.82, 2.24) is 15.4 Å². The second-order valence-corrected chi connectivity index (χ2v) is 8.71. The van der Waals surface area contributed by atoms with Crippen LogP contribution in [0, 0.1) is 13.8 Å². The molecule has 1 fully saturated rings. The lowest BCUT2D eigenvalue weighted by Crippen LogP contribution is -2.54. The summed E-state index contributed by atoms with van der Waals surface area (Å²) in [5.41, 5.74) is 3.20. The van der Waals surface area contributed by atoms with Crippen LogP contribution in [0.3, 0.4) is 0 Å². The first-order valence-corrected chi connectivity index (χ1v) is 11.5. The van der Waals surface area contributed by atoms with Crippen LogP contribution in [0.1, 0.15) is 50.6 Å². The molecule has 3 N–H and O–H groups in total. The number of hydrogen-bond acceptors (Lipinski definition) is 10. The first-order valence-electron chi connectivity index (χ1n) is 11.5. The molecule has 4 rings (SSSR count). The topological polar surface area (TPSA) is 164 Å². The van der Waals surface area contributed by atoms with E-state index in [0.29, 0.717) is 24.4 Å². The normalized spacial score (nSPS) is 18.2. The number of nitrogens with two attached hydrogens (primary N) is 1. The predicted molar refractivity (Wildman–Crippen MR) is 131 cm³/mol. The Hall–Kier alpha value is -4.35. The molecular weight excluding hydrogens is 466 g/mol. The Balaban J connectivity index is 1.47. The average molecular weight is 494 g/mol. The number of piperidine rings is 1. The van der Waals surface area contributed by atoms with Gasteiger partial charge in [-0.1, -0.05) is 11.2 Å². The third-order valence-electron chi connectivity index (χ3n) is 6.33. The molecule has 0 spiro atoms. The van der Waals surface area contributed by atoms with Gasteiger partial charge in [-0.3, -0.25) is 34.4 Å². The highest BCUT2D eigenvalue weighted by molar-refractivity contribution is 6.32. The number of benzene rings is 1. The molecule has 1 unspecified atom stereocenters. The molecule has 2 aliphatic heterocycles. The van der Waals surface area contributed by atoms with E-state index in [-0.39, 0.29) is 30.5 Å². The summed E-state index contributed by atoms with van der Waals surface area (Å²) >= 11 is 0. The van der Waals surface area contributed by atoms with Gasteiger partial charge in [0.25, 0.3) is 11.8 Å². The van der Waals surface area contributed by atoms with Gasteiger partial charge in [0.1, 0.15) is 11.8 Å². The molecule has 2 aliphatic rings. The molecule has 2 aromatic rings. The maximum absolute atomic E-state index is 13.3. The van der Waals surface area contributed by atoms with Crippen molar-refractivity contribution in [1.29, 1.82) is 0 Å². The Bertz CT molecular complexity index is 1280.